The number of hydrogen-bond acceptors (Lipinski definition) is 7. The van der Waals surface area contributed by atoms with E-state index < -0.39 is 24.5 Å². The topological polar surface area (TPSA) is 113 Å². The SMILES string of the molecule is C/C(=C\CNc1ccnc2c1ncn2[C@@H]1O[C@H](CO)[C@H](O)C1O)CC[C@@]1(C)[C@@H]2CCCC(C)(C)C2=CC[C@@H]1C. The van der Waals surface area contributed by atoms with Gasteiger partial charge in [-0.15, -0.1) is 0 Å². The number of aromatic nitrogens is 3. The molecule has 3 aliphatic rings. The van der Waals surface area contributed by atoms with Crippen LogP contribution in [0.25, 0.3) is 11.2 Å². The molecular formula is C31H46N4O4. The van der Waals surface area contributed by atoms with Crippen LogP contribution < -0.4 is 5.32 Å². The van der Waals surface area contributed by atoms with Crippen LogP contribution in [-0.2, 0) is 4.74 Å². The Morgan fingerprint density at radius 1 is 1.23 bits per heavy atom. The number of aliphatic hydroxyl groups excluding tert-OH is 3. The maximum absolute atomic E-state index is 10.4. The zero-order valence-corrected chi connectivity index (χ0v) is 24.1. The summed E-state index contributed by atoms with van der Waals surface area (Å²) in [7, 11) is 0. The van der Waals surface area contributed by atoms with Gasteiger partial charge in [0.1, 0.15) is 23.8 Å². The highest BCUT2D eigenvalue weighted by Crippen LogP contribution is 2.58. The number of pyridine rings is 1. The summed E-state index contributed by atoms with van der Waals surface area (Å²) in [5.41, 5.74) is 5.86. The first-order chi connectivity index (χ1) is 18.6. The van der Waals surface area contributed by atoms with Gasteiger partial charge in [0.2, 0.25) is 0 Å². The average Bonchev–Trinajstić information content (AvgIpc) is 3.46. The molecule has 0 amide bonds. The second-order valence-electron chi connectivity index (χ2n) is 13.0. The van der Waals surface area contributed by atoms with Crippen LogP contribution in [0.1, 0.15) is 79.4 Å². The molecule has 0 aromatic carbocycles. The Kier molecular flexibility index (Phi) is 7.94. The number of hydrogen-bond donors (Lipinski definition) is 4. The molecule has 0 spiro atoms. The van der Waals surface area contributed by atoms with E-state index in [2.05, 4.69) is 62.1 Å². The molecule has 4 N–H and O–H groups in total. The van der Waals surface area contributed by atoms with E-state index in [9.17, 15) is 15.3 Å². The van der Waals surface area contributed by atoms with Gasteiger partial charge < -0.3 is 25.4 Å². The van der Waals surface area contributed by atoms with Gasteiger partial charge in [-0.1, -0.05) is 57.4 Å². The van der Waals surface area contributed by atoms with Crippen molar-refractivity contribution < 1.29 is 20.1 Å². The van der Waals surface area contributed by atoms with E-state index in [0.717, 1.165) is 12.1 Å². The molecule has 1 aliphatic heterocycles. The highest BCUT2D eigenvalue weighted by Gasteiger charge is 2.48. The van der Waals surface area contributed by atoms with Crippen molar-refractivity contribution in [1.82, 2.24) is 14.5 Å². The van der Waals surface area contributed by atoms with Crippen molar-refractivity contribution >= 4 is 16.9 Å². The highest BCUT2D eigenvalue weighted by molar-refractivity contribution is 5.85. The van der Waals surface area contributed by atoms with E-state index in [1.165, 1.54) is 37.7 Å². The molecule has 0 bridgehead atoms. The van der Waals surface area contributed by atoms with Gasteiger partial charge in [-0.25, -0.2) is 9.97 Å². The van der Waals surface area contributed by atoms with Crippen LogP contribution in [0, 0.1) is 22.7 Å². The van der Waals surface area contributed by atoms with Gasteiger partial charge in [-0.3, -0.25) is 4.57 Å². The van der Waals surface area contributed by atoms with Gasteiger partial charge in [0.15, 0.2) is 11.9 Å². The van der Waals surface area contributed by atoms with Crippen LogP contribution in [0.4, 0.5) is 5.69 Å². The molecule has 8 heteroatoms. The lowest BCUT2D eigenvalue weighted by atomic mass is 9.52. The molecule has 8 nitrogen and oxygen atoms in total. The first-order valence-corrected chi connectivity index (χ1v) is 14.6. The fourth-order valence-electron chi connectivity index (χ4n) is 7.24. The van der Waals surface area contributed by atoms with Crippen LogP contribution in [0.3, 0.4) is 0 Å². The second kappa shape index (κ2) is 11.0. The molecule has 1 saturated carbocycles. The van der Waals surface area contributed by atoms with Gasteiger partial charge in [-0.05, 0) is 67.8 Å². The minimum atomic E-state index is -1.18. The second-order valence-corrected chi connectivity index (χ2v) is 13.0. The lowest BCUT2D eigenvalue weighted by Crippen LogP contribution is -2.43. The fourth-order valence-corrected chi connectivity index (χ4v) is 7.24. The lowest BCUT2D eigenvalue weighted by Gasteiger charge is -2.53. The Hall–Kier alpha value is -2.26. The molecule has 5 rings (SSSR count). The third-order valence-corrected chi connectivity index (χ3v) is 10.1. The molecule has 1 unspecified atom stereocenters. The molecule has 1 saturated heterocycles. The third-order valence-electron chi connectivity index (χ3n) is 10.1. The number of fused-ring (bicyclic) bond motifs is 2. The van der Waals surface area contributed by atoms with Crippen LogP contribution in [0.2, 0.25) is 0 Å². The number of nitrogens with one attached hydrogen (secondary N) is 1. The van der Waals surface area contributed by atoms with Crippen molar-refractivity contribution in [2.45, 2.75) is 97.7 Å². The Bertz CT molecular complexity index is 1240. The Morgan fingerprint density at radius 3 is 2.77 bits per heavy atom. The number of nitrogens with zero attached hydrogens (tertiary/aromatic N) is 3. The minimum Gasteiger partial charge on any atom is -0.394 e. The van der Waals surface area contributed by atoms with E-state index in [1.54, 1.807) is 22.7 Å². The summed E-state index contributed by atoms with van der Waals surface area (Å²) in [5.74, 6) is 1.40. The molecule has 2 aromatic rings. The largest absolute Gasteiger partial charge is 0.394 e. The predicted octanol–water partition coefficient (Wildman–Crippen LogP) is 4.98. The first-order valence-electron chi connectivity index (χ1n) is 14.6. The molecule has 0 radical (unpaired) electrons. The zero-order valence-electron chi connectivity index (χ0n) is 24.1. The fraction of sp³-hybridized carbons (Fsp3) is 0.677. The molecule has 214 valence electrons. The van der Waals surface area contributed by atoms with Crippen molar-refractivity contribution in [3.8, 4) is 0 Å². The lowest BCUT2D eigenvalue weighted by molar-refractivity contribution is -0.0511. The van der Waals surface area contributed by atoms with Crippen molar-refractivity contribution in [1.29, 1.82) is 0 Å². The van der Waals surface area contributed by atoms with E-state index in [0.29, 0.717) is 40.4 Å². The maximum Gasteiger partial charge on any atom is 0.165 e. The zero-order chi connectivity index (χ0) is 27.9. The van der Waals surface area contributed by atoms with Gasteiger partial charge in [-0.2, -0.15) is 0 Å². The normalized spacial score (nSPS) is 34.7. The summed E-state index contributed by atoms with van der Waals surface area (Å²) in [6.07, 6.45) is 11.5. The summed E-state index contributed by atoms with van der Waals surface area (Å²) in [6.45, 7) is 12.4. The molecule has 2 fully saturated rings. The molecular weight excluding hydrogens is 492 g/mol. The maximum atomic E-state index is 10.4. The van der Waals surface area contributed by atoms with Gasteiger partial charge in [0.05, 0.1) is 18.6 Å². The molecule has 2 aliphatic carbocycles. The summed E-state index contributed by atoms with van der Waals surface area (Å²) < 4.78 is 7.29. The van der Waals surface area contributed by atoms with Crippen molar-refractivity contribution in [2.75, 3.05) is 18.5 Å². The molecule has 2 aromatic heterocycles. The molecule has 39 heavy (non-hydrogen) atoms. The summed E-state index contributed by atoms with van der Waals surface area (Å²) in [4.78, 5) is 8.96. The van der Waals surface area contributed by atoms with E-state index in [1.807, 2.05) is 6.07 Å². The van der Waals surface area contributed by atoms with E-state index >= 15 is 0 Å². The smallest absolute Gasteiger partial charge is 0.165 e. The summed E-state index contributed by atoms with van der Waals surface area (Å²) in [5, 5.41) is 33.5. The Labute approximate surface area is 232 Å². The number of allylic oxidation sites excluding steroid dienone is 3. The monoisotopic (exact) mass is 538 g/mol. The number of rotatable bonds is 8. The predicted molar refractivity (Wildman–Crippen MR) is 153 cm³/mol. The Morgan fingerprint density at radius 2 is 2.03 bits per heavy atom. The average molecular weight is 539 g/mol. The first kappa shape index (κ1) is 28.3. The third kappa shape index (κ3) is 5.17. The van der Waals surface area contributed by atoms with Crippen molar-refractivity contribution in [3.63, 3.8) is 0 Å². The number of ether oxygens (including phenoxy) is 1. The summed E-state index contributed by atoms with van der Waals surface area (Å²) >= 11 is 0. The van der Waals surface area contributed by atoms with Crippen molar-refractivity contribution in [3.05, 3.63) is 41.9 Å². The van der Waals surface area contributed by atoms with E-state index in [4.69, 9.17) is 4.74 Å². The van der Waals surface area contributed by atoms with Crippen molar-refractivity contribution in [2.24, 2.45) is 22.7 Å². The van der Waals surface area contributed by atoms with Gasteiger partial charge >= 0.3 is 0 Å². The minimum absolute atomic E-state index is 0.337. The van der Waals surface area contributed by atoms with Crippen LogP contribution in [-0.4, -0.2) is 61.3 Å². The van der Waals surface area contributed by atoms with Crippen LogP contribution >= 0.6 is 0 Å². The Balaban J connectivity index is 1.23. The summed E-state index contributed by atoms with van der Waals surface area (Å²) in [6, 6.07) is 1.89. The van der Waals surface area contributed by atoms with Gasteiger partial charge in [0.25, 0.3) is 0 Å². The quantitative estimate of drug-likeness (QED) is 0.351. The number of imidazole rings is 1. The highest BCUT2D eigenvalue weighted by atomic mass is 16.6. The van der Waals surface area contributed by atoms with Crippen LogP contribution in [0.5, 0.6) is 0 Å². The number of aliphatic hydroxyl groups is 3. The standard InChI is InChI=1S/C31H46N4O4/c1-19(10-14-31(5)20(2)8-9-21-22(31)7-6-13-30(21,3)4)11-15-32-23-12-16-33-28-25(23)34-18-35(28)29-27(38)26(37)24(17-36)39-29/h9,11-12,16,18,20,22,24,26-27,29,36-38H,6-8,10,13-15,17H2,1-5H3,(H,32,33)/b19-11+/t20-,22+,24+,26-,27?,29+,31+/m0/s1. The molecule has 3 heterocycles. The van der Waals surface area contributed by atoms with Crippen LogP contribution in [0.15, 0.2) is 41.9 Å². The molecule has 7 atom stereocenters. The van der Waals surface area contributed by atoms with E-state index in [-0.39, 0.29) is 6.61 Å². The number of anilines is 1. The van der Waals surface area contributed by atoms with Gasteiger partial charge in [0, 0.05) is 12.7 Å².